The van der Waals surface area contributed by atoms with Gasteiger partial charge in [0.05, 0.1) is 10.8 Å². The highest BCUT2D eigenvalue weighted by Gasteiger charge is 2.28. The normalized spacial score (nSPS) is 14.2. The summed E-state index contributed by atoms with van der Waals surface area (Å²) in [4.78, 5) is 31.0. The van der Waals surface area contributed by atoms with Gasteiger partial charge in [-0.2, -0.15) is 5.26 Å². The molecule has 2 heterocycles. The third-order valence-corrected chi connectivity index (χ3v) is 5.78. The van der Waals surface area contributed by atoms with Gasteiger partial charge in [-0.05, 0) is 51.3 Å². The van der Waals surface area contributed by atoms with Crippen molar-refractivity contribution in [2.75, 3.05) is 11.4 Å². The van der Waals surface area contributed by atoms with Crippen molar-refractivity contribution in [1.29, 1.82) is 5.26 Å². The molecule has 1 amide bonds. The summed E-state index contributed by atoms with van der Waals surface area (Å²) < 4.78 is 0. The molecule has 0 aliphatic carbocycles. The van der Waals surface area contributed by atoms with Crippen molar-refractivity contribution in [3.63, 3.8) is 0 Å². The third kappa shape index (κ3) is 3.88. The zero-order valence-electron chi connectivity index (χ0n) is 15.7. The molecule has 0 radical (unpaired) electrons. The van der Waals surface area contributed by atoms with Crippen molar-refractivity contribution in [3.05, 3.63) is 52.7 Å². The number of Topliss-reactive ketones (excluding diaryl/α,β-unsaturated/α-hetero) is 1. The molecule has 1 unspecified atom stereocenters. The van der Waals surface area contributed by atoms with E-state index >= 15 is 0 Å². The highest BCUT2D eigenvalue weighted by atomic mass is 32.2. The molecule has 1 aromatic heterocycles. The molecule has 0 fully saturated rings. The first-order valence-corrected chi connectivity index (χ1v) is 9.79. The van der Waals surface area contributed by atoms with Crippen LogP contribution in [-0.2, 0) is 11.2 Å². The van der Waals surface area contributed by atoms with E-state index in [4.69, 9.17) is 0 Å². The Morgan fingerprint density at radius 1 is 1.33 bits per heavy atom. The molecule has 1 aliphatic heterocycles. The van der Waals surface area contributed by atoms with Crippen molar-refractivity contribution < 1.29 is 9.59 Å². The number of carbonyl (C=O) groups excluding carboxylic acids is 2. The Morgan fingerprint density at radius 3 is 2.78 bits per heavy atom. The number of thioether (sulfide) groups is 1. The van der Waals surface area contributed by atoms with Crippen molar-refractivity contribution >= 4 is 29.1 Å². The van der Waals surface area contributed by atoms with E-state index in [1.165, 1.54) is 24.2 Å². The fourth-order valence-electron chi connectivity index (χ4n) is 3.31. The molecule has 0 N–H and O–H groups in total. The molecule has 6 heteroatoms. The Labute approximate surface area is 163 Å². The Bertz CT molecular complexity index is 949. The van der Waals surface area contributed by atoms with Gasteiger partial charge >= 0.3 is 0 Å². The van der Waals surface area contributed by atoms with Crippen LogP contribution in [0.3, 0.4) is 0 Å². The van der Waals surface area contributed by atoms with E-state index in [2.05, 4.69) is 17.1 Å². The smallest absolute Gasteiger partial charge is 0.240 e. The van der Waals surface area contributed by atoms with Crippen LogP contribution in [0.1, 0.15) is 47.4 Å². The van der Waals surface area contributed by atoms with Crippen LogP contribution >= 0.6 is 11.8 Å². The number of aromatic nitrogens is 1. The van der Waals surface area contributed by atoms with E-state index in [-0.39, 0.29) is 11.7 Å². The maximum absolute atomic E-state index is 13.1. The van der Waals surface area contributed by atoms with Gasteiger partial charge in [-0.15, -0.1) is 0 Å². The summed E-state index contributed by atoms with van der Waals surface area (Å²) in [6.07, 6.45) is 1.92. The van der Waals surface area contributed by atoms with E-state index in [0.717, 1.165) is 18.5 Å². The van der Waals surface area contributed by atoms with Gasteiger partial charge in [-0.25, -0.2) is 4.98 Å². The van der Waals surface area contributed by atoms with E-state index in [1.807, 2.05) is 30.0 Å². The minimum atomic E-state index is -0.390. The summed E-state index contributed by atoms with van der Waals surface area (Å²) in [6.45, 7) is 5.73. The number of aryl methyl sites for hydroxylation is 2. The molecule has 0 spiro atoms. The molecule has 0 bridgehead atoms. The van der Waals surface area contributed by atoms with Crippen molar-refractivity contribution in [1.82, 2.24) is 4.98 Å². The Balaban J connectivity index is 1.85. The maximum atomic E-state index is 13.1. The first-order chi connectivity index (χ1) is 12.9. The first-order valence-electron chi connectivity index (χ1n) is 8.91. The second-order valence-corrected chi connectivity index (χ2v) is 7.95. The number of benzene rings is 1. The topological polar surface area (TPSA) is 74.1 Å². The summed E-state index contributed by atoms with van der Waals surface area (Å²) in [7, 11) is 0. The minimum absolute atomic E-state index is 0.00568. The molecule has 27 heavy (non-hydrogen) atoms. The molecule has 1 aromatic carbocycles. The number of fused-ring (bicyclic) bond motifs is 1. The van der Waals surface area contributed by atoms with Crippen LogP contribution in [0.2, 0.25) is 0 Å². The third-order valence-electron chi connectivity index (χ3n) is 4.69. The number of rotatable bonds is 4. The van der Waals surface area contributed by atoms with Gasteiger partial charge in [-0.1, -0.05) is 30.0 Å². The molecule has 0 saturated heterocycles. The average Bonchev–Trinajstić information content (AvgIpc) is 2.66. The highest BCUT2D eigenvalue weighted by molar-refractivity contribution is 8.00. The summed E-state index contributed by atoms with van der Waals surface area (Å²) in [5.74, 6) is -0.117. The summed E-state index contributed by atoms with van der Waals surface area (Å²) in [5.41, 5.74) is 3.51. The fourth-order valence-corrected chi connectivity index (χ4v) is 4.29. The predicted octanol–water partition coefficient (Wildman–Crippen LogP) is 3.92. The Morgan fingerprint density at radius 2 is 2.07 bits per heavy atom. The van der Waals surface area contributed by atoms with E-state index in [1.54, 1.807) is 13.0 Å². The number of nitriles is 1. The molecule has 1 atom stereocenters. The van der Waals surface area contributed by atoms with Crippen LogP contribution in [0, 0.1) is 18.3 Å². The van der Waals surface area contributed by atoms with Crippen LogP contribution < -0.4 is 4.90 Å². The molecule has 3 rings (SSSR count). The van der Waals surface area contributed by atoms with Crippen LogP contribution in [0.25, 0.3) is 0 Å². The van der Waals surface area contributed by atoms with Crippen LogP contribution in [0.5, 0.6) is 0 Å². The lowest BCUT2D eigenvalue weighted by atomic mass is 10.0. The van der Waals surface area contributed by atoms with Crippen LogP contribution in [0.4, 0.5) is 5.69 Å². The van der Waals surface area contributed by atoms with Gasteiger partial charge in [0.15, 0.2) is 5.78 Å². The van der Waals surface area contributed by atoms with Crippen molar-refractivity contribution in [2.24, 2.45) is 0 Å². The van der Waals surface area contributed by atoms with Crippen molar-refractivity contribution in [2.45, 2.75) is 43.9 Å². The second-order valence-electron chi connectivity index (χ2n) is 6.62. The number of nitrogens with zero attached hydrogens (tertiary/aromatic N) is 3. The zero-order valence-corrected chi connectivity index (χ0v) is 16.5. The highest BCUT2D eigenvalue weighted by Crippen LogP contribution is 2.32. The van der Waals surface area contributed by atoms with Gasteiger partial charge in [-0.3, -0.25) is 9.59 Å². The number of anilines is 1. The van der Waals surface area contributed by atoms with E-state index in [9.17, 15) is 14.9 Å². The monoisotopic (exact) mass is 379 g/mol. The molecule has 1 aliphatic rings. The fraction of sp³-hybridized carbons (Fsp3) is 0.333. The van der Waals surface area contributed by atoms with E-state index < -0.39 is 5.25 Å². The van der Waals surface area contributed by atoms with Crippen molar-refractivity contribution in [3.8, 4) is 6.07 Å². The lowest BCUT2D eigenvalue weighted by Crippen LogP contribution is -2.40. The number of carbonyl (C=O) groups is 2. The SMILES string of the molecule is CC(=O)c1cc(C#N)c(SC(C)C(=O)N2CCCc3ccccc32)nc1C. The number of amides is 1. The van der Waals surface area contributed by atoms with Gasteiger partial charge in [0, 0.05) is 23.5 Å². The Hall–Kier alpha value is -2.65. The molecule has 2 aromatic rings. The first kappa shape index (κ1) is 19.1. The minimum Gasteiger partial charge on any atom is -0.311 e. The van der Waals surface area contributed by atoms with Gasteiger partial charge in [0.25, 0.3) is 0 Å². The van der Waals surface area contributed by atoms with Gasteiger partial charge in [0.2, 0.25) is 5.91 Å². The van der Waals surface area contributed by atoms with Crippen LogP contribution in [0.15, 0.2) is 35.4 Å². The van der Waals surface area contributed by atoms with Gasteiger partial charge in [0.1, 0.15) is 11.1 Å². The summed E-state index contributed by atoms with van der Waals surface area (Å²) >= 11 is 1.27. The lowest BCUT2D eigenvalue weighted by molar-refractivity contribution is -0.117. The van der Waals surface area contributed by atoms with E-state index in [0.29, 0.717) is 28.4 Å². The molecular formula is C21H21N3O2S. The number of hydrogen-bond acceptors (Lipinski definition) is 5. The predicted molar refractivity (Wildman–Crippen MR) is 106 cm³/mol. The van der Waals surface area contributed by atoms with Gasteiger partial charge < -0.3 is 4.90 Å². The largest absolute Gasteiger partial charge is 0.311 e. The molecule has 138 valence electrons. The number of para-hydroxylation sites is 1. The van der Waals surface area contributed by atoms with Crippen LogP contribution in [-0.4, -0.2) is 28.5 Å². The number of ketones is 1. The quantitative estimate of drug-likeness (QED) is 0.594. The molecule has 0 saturated carbocycles. The average molecular weight is 379 g/mol. The lowest BCUT2D eigenvalue weighted by Gasteiger charge is -2.31. The number of pyridine rings is 1. The molecule has 5 nitrogen and oxygen atoms in total. The summed E-state index contributed by atoms with van der Waals surface area (Å²) in [6, 6.07) is 11.6. The zero-order chi connectivity index (χ0) is 19.6. The molecular weight excluding hydrogens is 358 g/mol. The Kier molecular flexibility index (Phi) is 5.62. The standard InChI is InChI=1S/C21H21N3O2S/c1-13-18(14(2)25)11-17(12-22)20(23-13)27-15(3)21(26)24-10-6-8-16-7-4-5-9-19(16)24/h4-5,7,9,11,15H,6,8,10H2,1-3H3. The maximum Gasteiger partial charge on any atom is 0.240 e. The second kappa shape index (κ2) is 7.93. The number of hydrogen-bond donors (Lipinski definition) is 0. The summed E-state index contributed by atoms with van der Waals surface area (Å²) in [5, 5.41) is 9.54.